The Morgan fingerprint density at radius 1 is 1.33 bits per heavy atom. The molecule has 4 rings (SSSR count). The van der Waals surface area contributed by atoms with Crippen LogP contribution >= 0.6 is 34.9 Å². The molecule has 4 heterocycles. The number of β-lactam (4-membered cyclic amide) rings is 1. The number of aliphatic carboxylic acids is 2. The van der Waals surface area contributed by atoms with Crippen LogP contribution in [0, 0.1) is 0 Å². The van der Waals surface area contributed by atoms with Crippen molar-refractivity contribution in [3.63, 3.8) is 0 Å². The van der Waals surface area contributed by atoms with Gasteiger partial charge in [-0.3, -0.25) is 14.5 Å². The van der Waals surface area contributed by atoms with Gasteiger partial charge in [0.25, 0.3) is 11.8 Å². The molecule has 1 saturated heterocycles. The van der Waals surface area contributed by atoms with Crippen LogP contribution in [0.5, 0.6) is 0 Å². The number of thiazole rings is 1. The Morgan fingerprint density at radius 2 is 2.13 bits per heavy atom. The number of anilines is 1. The molecule has 2 aliphatic rings. The van der Waals surface area contributed by atoms with E-state index in [4.69, 9.17) is 21.4 Å². The molecule has 2 amide bonds. The Morgan fingerprint density at radius 3 is 2.79 bits per heavy atom. The fraction of sp³-hybridized carbons (Fsp3) is 0.421. The number of aromatic nitrogens is 5. The van der Waals surface area contributed by atoms with E-state index in [9.17, 15) is 24.3 Å². The van der Waals surface area contributed by atoms with Crippen LogP contribution in [0.4, 0.5) is 5.13 Å². The molecule has 17 nitrogen and oxygen atoms in total. The molecule has 0 radical (unpaired) electrons. The highest BCUT2D eigenvalue weighted by Gasteiger charge is 2.54. The summed E-state index contributed by atoms with van der Waals surface area (Å²) < 4.78 is 1.58. The second-order valence-corrected chi connectivity index (χ2v) is 10.8. The highest BCUT2D eigenvalue weighted by Crippen LogP contribution is 2.41. The number of nitrogens with one attached hydrogen (secondary N) is 1. The molecule has 20 heteroatoms. The standard InChI is InChI=1S/C19H22N10O7S3/c20-2-1-3-28-19(24-26-27-28)39-6-8-5-37-16-12(15(33)29(16)13(8)17(34)35)23-14(32)11(25-36-4-10(30)31)9-7-38-18(21)22-9/h7,12,16H,1-6,20H2,(H2,21,22)(H,23,32)(H,30,31)(H,34,35)/t12?,16-/m0/s1. The molecule has 2 aromatic heterocycles. The number of carboxylic acid groups (broad SMARTS) is 2. The monoisotopic (exact) mass is 598 g/mol. The van der Waals surface area contributed by atoms with Gasteiger partial charge in [0.2, 0.25) is 11.8 Å². The highest BCUT2D eigenvalue weighted by molar-refractivity contribution is 8.01. The van der Waals surface area contributed by atoms with Crippen LogP contribution in [0.2, 0.25) is 0 Å². The SMILES string of the molecule is NCCCn1nnnc1SCC1=C(C(=O)O)N2C(=O)C(NC(=O)C(=NOCC(=O)O)c3csc(N)n3)[C@@H]2SC1. The summed E-state index contributed by atoms with van der Waals surface area (Å²) in [6.45, 7) is 0.170. The molecule has 1 fully saturated rings. The number of nitrogens with zero attached hydrogens (tertiary/aromatic N) is 7. The van der Waals surface area contributed by atoms with Gasteiger partial charge in [-0.25, -0.2) is 19.3 Å². The maximum Gasteiger partial charge on any atom is 0.352 e. The molecule has 0 spiro atoms. The smallest absolute Gasteiger partial charge is 0.352 e. The third kappa shape index (κ3) is 6.29. The van der Waals surface area contributed by atoms with Gasteiger partial charge in [-0.2, -0.15) is 0 Å². The first-order valence-electron chi connectivity index (χ1n) is 11.1. The third-order valence-electron chi connectivity index (χ3n) is 5.31. The van der Waals surface area contributed by atoms with Crippen LogP contribution in [0.25, 0.3) is 0 Å². The lowest BCUT2D eigenvalue weighted by molar-refractivity contribution is -0.150. The maximum atomic E-state index is 13.0. The Bertz CT molecular complexity index is 1340. The van der Waals surface area contributed by atoms with E-state index < -0.39 is 41.8 Å². The van der Waals surface area contributed by atoms with Crippen molar-refractivity contribution in [3.05, 3.63) is 22.3 Å². The second kappa shape index (κ2) is 12.4. The zero-order valence-corrected chi connectivity index (χ0v) is 22.4. The number of aryl methyl sites for hydroxylation is 1. The van der Waals surface area contributed by atoms with E-state index >= 15 is 0 Å². The number of nitrogens with two attached hydrogens (primary N) is 2. The number of amides is 2. The first-order valence-corrected chi connectivity index (χ1v) is 14.1. The number of fused-ring (bicyclic) bond motifs is 1. The van der Waals surface area contributed by atoms with Crippen LogP contribution in [-0.4, -0.2) is 106 Å². The summed E-state index contributed by atoms with van der Waals surface area (Å²) in [6, 6.07) is -1.06. The fourth-order valence-corrected chi connectivity index (χ4v) is 6.53. The Balaban J connectivity index is 1.47. The molecule has 0 aromatic carbocycles. The van der Waals surface area contributed by atoms with Crippen LogP contribution in [-0.2, 0) is 30.6 Å². The summed E-state index contributed by atoms with van der Waals surface area (Å²) in [7, 11) is 0. The number of nitrogen functional groups attached to an aromatic ring is 1. The third-order valence-corrected chi connectivity index (χ3v) is 8.37. The molecule has 2 aliphatic heterocycles. The lowest BCUT2D eigenvalue weighted by Crippen LogP contribution is -2.71. The fourth-order valence-electron chi connectivity index (χ4n) is 3.59. The van der Waals surface area contributed by atoms with E-state index in [1.165, 1.54) is 28.9 Å². The molecular weight excluding hydrogens is 576 g/mol. The zero-order chi connectivity index (χ0) is 28.1. The number of thioether (sulfide) groups is 2. The molecule has 1 unspecified atom stereocenters. The number of rotatable bonds is 13. The largest absolute Gasteiger partial charge is 0.479 e. The van der Waals surface area contributed by atoms with Crippen LogP contribution in [0.15, 0.2) is 27.0 Å². The Labute approximate surface area is 232 Å². The molecule has 0 aliphatic carbocycles. The molecule has 7 N–H and O–H groups in total. The Hall–Kier alpha value is -3.75. The zero-order valence-electron chi connectivity index (χ0n) is 19.9. The Kier molecular flexibility index (Phi) is 8.99. The minimum absolute atomic E-state index is 0.0274. The van der Waals surface area contributed by atoms with E-state index in [1.54, 1.807) is 4.68 Å². The number of hydrogen-bond donors (Lipinski definition) is 5. The molecule has 39 heavy (non-hydrogen) atoms. The van der Waals surface area contributed by atoms with Crippen LogP contribution in [0.3, 0.4) is 0 Å². The molecule has 0 saturated carbocycles. The average Bonchev–Trinajstić information content (AvgIpc) is 3.54. The number of carbonyl (C=O) groups excluding carboxylic acids is 2. The summed E-state index contributed by atoms with van der Waals surface area (Å²) in [4.78, 5) is 58.7. The van der Waals surface area contributed by atoms with Gasteiger partial charge in [0.1, 0.15) is 22.8 Å². The number of tetrazole rings is 1. The summed E-state index contributed by atoms with van der Waals surface area (Å²) in [5, 5.41) is 37.6. The van der Waals surface area contributed by atoms with Gasteiger partial charge < -0.3 is 31.8 Å². The predicted molar refractivity (Wildman–Crippen MR) is 139 cm³/mol. The molecule has 2 aromatic rings. The van der Waals surface area contributed by atoms with Gasteiger partial charge >= 0.3 is 11.9 Å². The average molecular weight is 599 g/mol. The molecular formula is C19H22N10O7S3. The maximum absolute atomic E-state index is 13.0. The second-order valence-electron chi connectivity index (χ2n) is 7.91. The van der Waals surface area contributed by atoms with E-state index in [-0.39, 0.29) is 33.7 Å². The van der Waals surface area contributed by atoms with Crippen molar-refractivity contribution < 1.29 is 34.2 Å². The van der Waals surface area contributed by atoms with E-state index in [0.29, 0.717) is 30.2 Å². The van der Waals surface area contributed by atoms with Crippen molar-refractivity contribution in [2.45, 2.75) is 29.5 Å². The van der Waals surface area contributed by atoms with Gasteiger partial charge in [0, 0.05) is 23.4 Å². The van der Waals surface area contributed by atoms with Crippen molar-refractivity contribution in [1.82, 2.24) is 35.4 Å². The van der Waals surface area contributed by atoms with Gasteiger partial charge in [-0.15, -0.1) is 28.2 Å². The number of carboxylic acids is 2. The van der Waals surface area contributed by atoms with Gasteiger partial charge in [0.15, 0.2) is 10.8 Å². The predicted octanol–water partition coefficient (Wildman–Crippen LogP) is -1.60. The van der Waals surface area contributed by atoms with Crippen molar-refractivity contribution in [3.8, 4) is 0 Å². The number of hydrogen-bond acceptors (Lipinski definition) is 15. The van der Waals surface area contributed by atoms with E-state index in [1.807, 2.05) is 0 Å². The first kappa shape index (κ1) is 28.3. The van der Waals surface area contributed by atoms with Crippen LogP contribution in [0.1, 0.15) is 12.1 Å². The van der Waals surface area contributed by atoms with Crippen LogP contribution < -0.4 is 16.8 Å². The summed E-state index contributed by atoms with van der Waals surface area (Å²) in [6.07, 6.45) is 0.669. The summed E-state index contributed by atoms with van der Waals surface area (Å²) in [5.41, 5.74) is 11.2. The van der Waals surface area contributed by atoms with Gasteiger partial charge in [-0.05, 0) is 29.0 Å². The first-order chi connectivity index (χ1) is 18.7. The lowest BCUT2D eigenvalue weighted by atomic mass is 10.0. The lowest BCUT2D eigenvalue weighted by Gasteiger charge is -2.49. The van der Waals surface area contributed by atoms with Crippen molar-refractivity contribution in [1.29, 1.82) is 0 Å². The van der Waals surface area contributed by atoms with Crippen molar-refractivity contribution in [2.75, 3.05) is 30.4 Å². The molecule has 2 atom stereocenters. The van der Waals surface area contributed by atoms with Gasteiger partial charge in [-0.1, -0.05) is 16.9 Å². The number of oxime groups is 1. The molecule has 208 valence electrons. The van der Waals surface area contributed by atoms with Crippen molar-refractivity contribution in [2.24, 2.45) is 10.9 Å². The minimum atomic E-state index is -1.31. The normalized spacial score (nSPS) is 18.9. The molecule has 0 bridgehead atoms. The quantitative estimate of drug-likeness (QED) is 0.0753. The van der Waals surface area contributed by atoms with E-state index in [2.05, 4.69) is 31.0 Å². The summed E-state index contributed by atoms with van der Waals surface area (Å²) >= 11 is 3.55. The topological polar surface area (TPSA) is 254 Å². The van der Waals surface area contributed by atoms with E-state index in [0.717, 1.165) is 16.2 Å². The number of carbonyl (C=O) groups is 4. The minimum Gasteiger partial charge on any atom is -0.479 e. The van der Waals surface area contributed by atoms with Crippen molar-refractivity contribution >= 4 is 69.5 Å². The van der Waals surface area contributed by atoms with Gasteiger partial charge in [0.05, 0.1) is 0 Å². The highest BCUT2D eigenvalue weighted by atomic mass is 32.2. The summed E-state index contributed by atoms with van der Waals surface area (Å²) in [5.74, 6) is -3.57.